The van der Waals surface area contributed by atoms with Gasteiger partial charge in [0.25, 0.3) is 11.8 Å². The van der Waals surface area contributed by atoms with Crippen molar-refractivity contribution >= 4 is 28.3 Å². The Hall–Kier alpha value is -3.21. The van der Waals surface area contributed by atoms with E-state index in [4.69, 9.17) is 0 Å². The lowest BCUT2D eigenvalue weighted by atomic mass is 9.89. The molecule has 0 radical (unpaired) electrons. The lowest BCUT2D eigenvalue weighted by Gasteiger charge is -2.22. The number of halogens is 1. The topological polar surface area (TPSA) is 58.2 Å². The van der Waals surface area contributed by atoms with Gasteiger partial charge in [-0.05, 0) is 53.8 Å². The van der Waals surface area contributed by atoms with Crippen LogP contribution in [0, 0.1) is 11.7 Å². The van der Waals surface area contributed by atoms with Crippen molar-refractivity contribution in [1.29, 1.82) is 0 Å². The molecule has 4 nitrogen and oxygen atoms in total. The van der Waals surface area contributed by atoms with Gasteiger partial charge in [-0.2, -0.15) is 0 Å². The second-order valence-corrected chi connectivity index (χ2v) is 7.88. The van der Waals surface area contributed by atoms with Crippen LogP contribution in [-0.2, 0) is 0 Å². The van der Waals surface area contributed by atoms with Crippen molar-refractivity contribution in [3.63, 3.8) is 0 Å². The van der Waals surface area contributed by atoms with Crippen molar-refractivity contribution < 1.29 is 14.0 Å². The number of hydrogen-bond donors (Lipinski definition) is 2. The highest BCUT2D eigenvalue weighted by Gasteiger charge is 2.19. The maximum atomic E-state index is 13.9. The van der Waals surface area contributed by atoms with Gasteiger partial charge in [-0.25, -0.2) is 4.39 Å². The molecule has 2 N–H and O–H groups in total. The van der Waals surface area contributed by atoms with Crippen LogP contribution in [0.3, 0.4) is 0 Å². The highest BCUT2D eigenvalue weighted by molar-refractivity contribution is 6.14. The molecule has 1 aliphatic rings. The van der Waals surface area contributed by atoms with Gasteiger partial charge in [0, 0.05) is 12.1 Å². The first-order chi connectivity index (χ1) is 14.6. The van der Waals surface area contributed by atoms with Crippen LogP contribution in [-0.4, -0.2) is 18.4 Å². The van der Waals surface area contributed by atoms with Gasteiger partial charge in [0.15, 0.2) is 0 Å². The molecular formula is C25H25FN2O2. The van der Waals surface area contributed by atoms with E-state index in [1.165, 1.54) is 37.5 Å². The van der Waals surface area contributed by atoms with Crippen molar-refractivity contribution in [2.24, 2.45) is 5.92 Å². The van der Waals surface area contributed by atoms with Crippen LogP contribution < -0.4 is 10.6 Å². The third-order valence-corrected chi connectivity index (χ3v) is 5.78. The molecule has 5 heteroatoms. The zero-order valence-corrected chi connectivity index (χ0v) is 16.8. The van der Waals surface area contributed by atoms with Gasteiger partial charge >= 0.3 is 0 Å². The van der Waals surface area contributed by atoms with E-state index < -0.39 is 5.82 Å². The zero-order valence-electron chi connectivity index (χ0n) is 16.8. The van der Waals surface area contributed by atoms with Crippen LogP contribution in [0.25, 0.3) is 10.8 Å². The van der Waals surface area contributed by atoms with Crippen LogP contribution in [0.4, 0.5) is 10.1 Å². The number of nitrogens with one attached hydrogen (secondary N) is 2. The summed E-state index contributed by atoms with van der Waals surface area (Å²) in [6.45, 7) is 0.575. The molecule has 1 fully saturated rings. The molecule has 0 saturated heterocycles. The molecule has 1 saturated carbocycles. The maximum absolute atomic E-state index is 13.9. The van der Waals surface area contributed by atoms with Crippen LogP contribution in [0.5, 0.6) is 0 Å². The fourth-order valence-corrected chi connectivity index (χ4v) is 4.15. The highest BCUT2D eigenvalue weighted by Crippen LogP contribution is 2.24. The van der Waals surface area contributed by atoms with Crippen molar-refractivity contribution in [3.05, 3.63) is 77.6 Å². The van der Waals surface area contributed by atoms with Gasteiger partial charge in [-0.15, -0.1) is 0 Å². The second-order valence-electron chi connectivity index (χ2n) is 7.88. The molecule has 4 rings (SSSR count). The Balaban J connectivity index is 1.54. The first-order valence-corrected chi connectivity index (χ1v) is 10.5. The van der Waals surface area contributed by atoms with Crippen molar-refractivity contribution in [2.75, 3.05) is 11.9 Å². The number of hydrogen-bond acceptors (Lipinski definition) is 2. The number of carbonyl (C=O) groups excluding carboxylic acids is 2. The van der Waals surface area contributed by atoms with E-state index in [0.717, 1.165) is 23.6 Å². The molecule has 0 aromatic heterocycles. The molecular weight excluding hydrogens is 379 g/mol. The van der Waals surface area contributed by atoms with Crippen LogP contribution in [0.2, 0.25) is 0 Å². The standard InChI is InChI=1S/C25H25FN2O2/c26-19-13-14-23(22(15-19)24(29)27-16-17-7-2-1-3-8-17)28-25(30)21-12-6-10-18-9-4-5-11-20(18)21/h4-6,9-15,17H,1-3,7-8,16H2,(H,27,29)(H,28,30). The molecule has 0 aliphatic heterocycles. The summed E-state index contributed by atoms with van der Waals surface area (Å²) in [5.41, 5.74) is 0.945. The lowest BCUT2D eigenvalue weighted by Crippen LogP contribution is -2.31. The molecule has 0 bridgehead atoms. The summed E-state index contributed by atoms with van der Waals surface area (Å²) in [7, 11) is 0. The smallest absolute Gasteiger partial charge is 0.256 e. The van der Waals surface area contributed by atoms with E-state index in [2.05, 4.69) is 10.6 Å². The molecule has 3 aromatic carbocycles. The largest absolute Gasteiger partial charge is 0.352 e. The van der Waals surface area contributed by atoms with Gasteiger partial charge in [-0.1, -0.05) is 55.7 Å². The van der Waals surface area contributed by atoms with E-state index in [9.17, 15) is 14.0 Å². The predicted octanol–water partition coefficient (Wildman–Crippen LogP) is 5.54. The van der Waals surface area contributed by atoms with E-state index in [0.29, 0.717) is 23.7 Å². The minimum Gasteiger partial charge on any atom is -0.352 e. The van der Waals surface area contributed by atoms with Crippen LogP contribution in [0.1, 0.15) is 52.8 Å². The predicted molar refractivity (Wildman–Crippen MR) is 117 cm³/mol. The Bertz CT molecular complexity index is 1070. The minimum atomic E-state index is -0.513. The molecule has 1 aliphatic carbocycles. The molecule has 30 heavy (non-hydrogen) atoms. The van der Waals surface area contributed by atoms with Gasteiger partial charge in [0.05, 0.1) is 11.3 Å². The Kier molecular flexibility index (Phi) is 6.07. The Morgan fingerprint density at radius 2 is 1.63 bits per heavy atom. The number of fused-ring (bicyclic) bond motifs is 1. The summed E-state index contributed by atoms with van der Waals surface area (Å²) in [4.78, 5) is 25.7. The summed E-state index contributed by atoms with van der Waals surface area (Å²) >= 11 is 0. The van der Waals surface area contributed by atoms with Crippen molar-refractivity contribution in [2.45, 2.75) is 32.1 Å². The number of benzene rings is 3. The quantitative estimate of drug-likeness (QED) is 0.586. The van der Waals surface area contributed by atoms with Gasteiger partial charge < -0.3 is 10.6 Å². The summed E-state index contributed by atoms with van der Waals surface area (Å²) in [5, 5.41) is 7.50. The van der Waals surface area contributed by atoms with E-state index in [1.807, 2.05) is 36.4 Å². The summed E-state index contributed by atoms with van der Waals surface area (Å²) < 4.78 is 13.9. The summed E-state index contributed by atoms with van der Waals surface area (Å²) in [6.07, 6.45) is 5.83. The summed E-state index contributed by atoms with van der Waals surface area (Å²) in [6, 6.07) is 17.0. The van der Waals surface area contributed by atoms with Crippen LogP contribution >= 0.6 is 0 Å². The Morgan fingerprint density at radius 1 is 0.867 bits per heavy atom. The Morgan fingerprint density at radius 3 is 2.47 bits per heavy atom. The van der Waals surface area contributed by atoms with Crippen LogP contribution in [0.15, 0.2) is 60.7 Å². The normalized spacial score (nSPS) is 14.4. The van der Waals surface area contributed by atoms with Crippen molar-refractivity contribution in [1.82, 2.24) is 5.32 Å². The first-order valence-electron chi connectivity index (χ1n) is 10.5. The first kappa shape index (κ1) is 20.1. The van der Waals surface area contributed by atoms with E-state index in [-0.39, 0.29) is 17.4 Å². The lowest BCUT2D eigenvalue weighted by molar-refractivity contribution is 0.0944. The average Bonchev–Trinajstić information content (AvgIpc) is 2.79. The minimum absolute atomic E-state index is 0.138. The molecule has 0 heterocycles. The molecule has 2 amide bonds. The zero-order chi connectivity index (χ0) is 20.9. The summed E-state index contributed by atoms with van der Waals surface area (Å²) in [5.74, 6) is -0.751. The van der Waals surface area contributed by atoms with E-state index >= 15 is 0 Å². The van der Waals surface area contributed by atoms with Crippen molar-refractivity contribution in [3.8, 4) is 0 Å². The molecule has 3 aromatic rings. The maximum Gasteiger partial charge on any atom is 0.256 e. The third kappa shape index (κ3) is 4.51. The number of anilines is 1. The number of carbonyl (C=O) groups is 2. The molecule has 154 valence electrons. The molecule has 0 atom stereocenters. The monoisotopic (exact) mass is 404 g/mol. The fraction of sp³-hybridized carbons (Fsp3) is 0.280. The highest BCUT2D eigenvalue weighted by atomic mass is 19.1. The second kappa shape index (κ2) is 9.08. The number of amides is 2. The average molecular weight is 404 g/mol. The number of rotatable bonds is 5. The Labute approximate surface area is 175 Å². The van der Waals surface area contributed by atoms with Gasteiger partial charge in [0.1, 0.15) is 5.82 Å². The third-order valence-electron chi connectivity index (χ3n) is 5.78. The van der Waals surface area contributed by atoms with E-state index in [1.54, 1.807) is 6.07 Å². The molecule has 0 unspecified atom stereocenters. The fourth-order valence-electron chi connectivity index (χ4n) is 4.15. The SMILES string of the molecule is O=C(NCC1CCCCC1)c1cc(F)ccc1NC(=O)c1cccc2ccccc12. The van der Waals surface area contributed by atoms with Gasteiger partial charge in [0.2, 0.25) is 0 Å². The molecule has 0 spiro atoms. The van der Waals surface area contributed by atoms with Gasteiger partial charge in [-0.3, -0.25) is 9.59 Å².